The lowest BCUT2D eigenvalue weighted by atomic mass is 10.0. The van der Waals surface area contributed by atoms with Crippen LogP contribution in [-0.4, -0.2) is 12.2 Å². The smallest absolute Gasteiger partial charge is 0.224 e. The van der Waals surface area contributed by atoms with Gasteiger partial charge in [-0.1, -0.05) is 57.0 Å². The van der Waals surface area contributed by atoms with Crippen LogP contribution in [-0.2, 0) is 9.59 Å². The molecule has 1 atom stereocenters. The summed E-state index contributed by atoms with van der Waals surface area (Å²) in [4.78, 5) is 19.5. The molecule has 0 aliphatic carbocycles. The molecule has 3 heteroatoms. The van der Waals surface area contributed by atoms with E-state index < -0.39 is 0 Å². The van der Waals surface area contributed by atoms with Gasteiger partial charge in [0.05, 0.1) is 5.92 Å². The number of unbranched alkanes of at least 4 members (excludes halogenated alkanes) is 1. The van der Waals surface area contributed by atoms with Crippen LogP contribution < -0.4 is 5.73 Å². The van der Waals surface area contributed by atoms with E-state index in [1.165, 1.54) is 19.8 Å². The number of amides is 1. The Morgan fingerprint density at radius 2 is 1.61 bits per heavy atom. The molecule has 1 aromatic carbocycles. The fraction of sp³-hybridized carbons (Fsp3) is 0.467. The number of benzene rings is 1. The van der Waals surface area contributed by atoms with E-state index in [1.54, 1.807) is 6.92 Å². The Balaban J connectivity index is 0. The van der Waals surface area contributed by atoms with Crippen molar-refractivity contribution in [3.05, 3.63) is 35.9 Å². The highest BCUT2D eigenvalue weighted by Crippen LogP contribution is 2.12. The molecule has 0 radical (unpaired) electrons. The topological polar surface area (TPSA) is 60.2 Å². The van der Waals surface area contributed by atoms with Gasteiger partial charge in [0.1, 0.15) is 6.29 Å². The summed E-state index contributed by atoms with van der Waals surface area (Å²) >= 11 is 0. The molecule has 102 valence electrons. The van der Waals surface area contributed by atoms with E-state index in [1.807, 2.05) is 30.3 Å². The SMILES string of the molecule is CC=O.CCCC.C[C@H](C(N)=O)c1ccccc1. The molecule has 0 spiro atoms. The molecule has 18 heavy (non-hydrogen) atoms. The molecule has 0 saturated carbocycles. The standard InChI is InChI=1S/C9H11NO.C4H10.C2H4O/c1-7(9(10)11)8-5-3-2-4-6-8;1-3-4-2;1-2-3/h2-7H,1H3,(H2,10,11);3-4H2,1-2H3;2H,1H3/t7-;;/m0../s1. The van der Waals surface area contributed by atoms with Gasteiger partial charge in [0, 0.05) is 0 Å². The van der Waals surface area contributed by atoms with Crippen molar-refractivity contribution in [2.75, 3.05) is 0 Å². The summed E-state index contributed by atoms with van der Waals surface area (Å²) in [5, 5.41) is 0. The van der Waals surface area contributed by atoms with Crippen molar-refractivity contribution in [2.24, 2.45) is 5.73 Å². The van der Waals surface area contributed by atoms with Crippen molar-refractivity contribution < 1.29 is 9.59 Å². The van der Waals surface area contributed by atoms with Crippen LogP contribution in [0, 0.1) is 0 Å². The third kappa shape index (κ3) is 10.9. The van der Waals surface area contributed by atoms with Gasteiger partial charge in [0.15, 0.2) is 0 Å². The second-order valence-electron chi connectivity index (χ2n) is 3.77. The van der Waals surface area contributed by atoms with Gasteiger partial charge in [-0.2, -0.15) is 0 Å². The summed E-state index contributed by atoms with van der Waals surface area (Å²) in [5.41, 5.74) is 6.10. The van der Waals surface area contributed by atoms with Crippen molar-refractivity contribution in [3.8, 4) is 0 Å². The first-order valence-corrected chi connectivity index (χ1v) is 6.29. The zero-order valence-electron chi connectivity index (χ0n) is 11.8. The van der Waals surface area contributed by atoms with Gasteiger partial charge >= 0.3 is 0 Å². The Morgan fingerprint density at radius 3 is 1.89 bits per heavy atom. The molecule has 0 fully saturated rings. The van der Waals surface area contributed by atoms with E-state index in [-0.39, 0.29) is 11.8 Å². The number of nitrogens with two attached hydrogens (primary N) is 1. The maximum Gasteiger partial charge on any atom is 0.224 e. The Bertz CT molecular complexity index is 308. The lowest BCUT2D eigenvalue weighted by Gasteiger charge is -2.05. The predicted octanol–water partition coefficient (Wildman–Crippen LogP) is 3.29. The maximum atomic E-state index is 10.7. The Labute approximate surface area is 110 Å². The molecular weight excluding hydrogens is 226 g/mol. The van der Waals surface area contributed by atoms with Crippen molar-refractivity contribution in [1.29, 1.82) is 0 Å². The molecule has 0 bridgehead atoms. The first-order chi connectivity index (χ1) is 8.54. The minimum absolute atomic E-state index is 0.184. The van der Waals surface area contributed by atoms with Gasteiger partial charge in [0.2, 0.25) is 5.91 Å². The zero-order chi connectivity index (χ0) is 14.4. The summed E-state index contributed by atoms with van der Waals surface area (Å²) in [5.74, 6) is -0.465. The van der Waals surface area contributed by atoms with Crippen LogP contribution in [0.15, 0.2) is 30.3 Å². The molecule has 1 amide bonds. The number of hydrogen-bond acceptors (Lipinski definition) is 2. The first-order valence-electron chi connectivity index (χ1n) is 6.29. The lowest BCUT2D eigenvalue weighted by molar-refractivity contribution is -0.119. The van der Waals surface area contributed by atoms with Gasteiger partial charge in [0.25, 0.3) is 0 Å². The molecule has 0 heterocycles. The van der Waals surface area contributed by atoms with E-state index in [2.05, 4.69) is 13.8 Å². The summed E-state index contributed by atoms with van der Waals surface area (Å²) < 4.78 is 0. The van der Waals surface area contributed by atoms with Gasteiger partial charge in [-0.15, -0.1) is 0 Å². The fourth-order valence-corrected chi connectivity index (χ4v) is 0.906. The largest absolute Gasteiger partial charge is 0.369 e. The number of carbonyl (C=O) groups excluding carboxylic acids is 2. The maximum absolute atomic E-state index is 10.7. The third-order valence-corrected chi connectivity index (χ3v) is 2.23. The number of primary amides is 1. The second kappa shape index (κ2) is 13.4. The number of aldehydes is 1. The van der Waals surface area contributed by atoms with Gasteiger partial charge < -0.3 is 10.5 Å². The Hall–Kier alpha value is -1.64. The molecule has 0 unspecified atom stereocenters. The molecule has 1 aromatic rings. The number of carbonyl (C=O) groups is 2. The molecule has 0 aromatic heterocycles. The highest BCUT2D eigenvalue weighted by molar-refractivity contribution is 5.81. The van der Waals surface area contributed by atoms with E-state index in [9.17, 15) is 4.79 Å². The average molecular weight is 251 g/mol. The summed E-state index contributed by atoms with van der Waals surface area (Å²) in [6.07, 6.45) is 3.39. The van der Waals surface area contributed by atoms with Gasteiger partial charge in [-0.3, -0.25) is 4.79 Å². The van der Waals surface area contributed by atoms with Crippen LogP contribution in [0.4, 0.5) is 0 Å². The highest BCUT2D eigenvalue weighted by atomic mass is 16.1. The van der Waals surface area contributed by atoms with Gasteiger partial charge in [-0.05, 0) is 19.4 Å². The van der Waals surface area contributed by atoms with Crippen molar-refractivity contribution >= 4 is 12.2 Å². The minimum Gasteiger partial charge on any atom is -0.369 e. The molecule has 1 rings (SSSR count). The van der Waals surface area contributed by atoms with Crippen molar-refractivity contribution in [1.82, 2.24) is 0 Å². The Morgan fingerprint density at radius 1 is 1.22 bits per heavy atom. The van der Waals surface area contributed by atoms with E-state index in [0.29, 0.717) is 0 Å². The second-order valence-corrected chi connectivity index (χ2v) is 3.77. The number of hydrogen-bond donors (Lipinski definition) is 1. The summed E-state index contributed by atoms with van der Waals surface area (Å²) in [7, 11) is 0. The van der Waals surface area contributed by atoms with E-state index in [4.69, 9.17) is 10.5 Å². The van der Waals surface area contributed by atoms with E-state index in [0.717, 1.165) is 11.8 Å². The molecule has 0 saturated heterocycles. The minimum atomic E-state index is -0.281. The monoisotopic (exact) mass is 251 g/mol. The fourth-order valence-electron chi connectivity index (χ4n) is 0.906. The molecular formula is C15H25NO2. The molecule has 0 aliphatic rings. The zero-order valence-corrected chi connectivity index (χ0v) is 11.8. The van der Waals surface area contributed by atoms with Crippen LogP contribution in [0.3, 0.4) is 0 Å². The van der Waals surface area contributed by atoms with Crippen LogP contribution in [0.2, 0.25) is 0 Å². The summed E-state index contributed by atoms with van der Waals surface area (Å²) in [6.45, 7) is 7.61. The normalized spacial score (nSPS) is 10.0. The third-order valence-electron chi connectivity index (χ3n) is 2.23. The summed E-state index contributed by atoms with van der Waals surface area (Å²) in [6, 6.07) is 9.51. The van der Waals surface area contributed by atoms with Crippen LogP contribution >= 0.6 is 0 Å². The van der Waals surface area contributed by atoms with Gasteiger partial charge in [-0.25, -0.2) is 0 Å². The Kier molecular flexibility index (Phi) is 14.0. The lowest BCUT2D eigenvalue weighted by Crippen LogP contribution is -2.18. The molecule has 3 nitrogen and oxygen atoms in total. The van der Waals surface area contributed by atoms with E-state index >= 15 is 0 Å². The van der Waals surface area contributed by atoms with Crippen LogP contribution in [0.1, 0.15) is 52.0 Å². The van der Waals surface area contributed by atoms with Crippen molar-refractivity contribution in [2.45, 2.75) is 46.5 Å². The van der Waals surface area contributed by atoms with Crippen LogP contribution in [0.25, 0.3) is 0 Å². The van der Waals surface area contributed by atoms with Crippen molar-refractivity contribution in [3.63, 3.8) is 0 Å². The highest BCUT2D eigenvalue weighted by Gasteiger charge is 2.09. The number of rotatable bonds is 3. The molecule has 2 N–H and O–H groups in total. The quantitative estimate of drug-likeness (QED) is 0.838. The molecule has 0 aliphatic heterocycles. The first kappa shape index (κ1) is 18.7. The van der Waals surface area contributed by atoms with Crippen LogP contribution in [0.5, 0.6) is 0 Å². The predicted molar refractivity (Wildman–Crippen MR) is 76.4 cm³/mol. The average Bonchev–Trinajstić information content (AvgIpc) is 2.40.